The summed E-state index contributed by atoms with van der Waals surface area (Å²) in [6.45, 7) is 11.4. The Labute approximate surface area is 206 Å². The summed E-state index contributed by atoms with van der Waals surface area (Å²) in [5.74, 6) is -0.331. The maximum Gasteiger partial charge on any atom is 0.414 e. The summed E-state index contributed by atoms with van der Waals surface area (Å²) in [5, 5.41) is 0. The van der Waals surface area contributed by atoms with Crippen LogP contribution in [0.1, 0.15) is 33.3 Å². The van der Waals surface area contributed by atoms with Crippen molar-refractivity contribution in [2.45, 2.75) is 45.4 Å². The average Bonchev–Trinajstić information content (AvgIpc) is 3.11. The Morgan fingerprint density at radius 1 is 1.20 bits per heavy atom. The molecule has 0 saturated carbocycles. The standard InChI is InChI=1S/C23H35N5O6S/c1-16(21(29)34-23(2,3)4)27-12-10-26(11-13-27)14-19-15-28(22(30)33-19)18-8-6-17(7-9-18)20(24)25-35(5,31)32/h6-9,16,19H,10-15H2,1-5H3,(H2,24,25). The summed E-state index contributed by atoms with van der Waals surface area (Å²) in [6.07, 6.45) is 0.252. The molecule has 194 valence electrons. The summed E-state index contributed by atoms with van der Waals surface area (Å²) >= 11 is 0. The predicted octanol–water partition coefficient (Wildman–Crippen LogP) is 1.02. The van der Waals surface area contributed by atoms with Crippen molar-refractivity contribution in [1.29, 1.82) is 0 Å². The molecule has 2 aliphatic rings. The van der Waals surface area contributed by atoms with Crippen molar-refractivity contribution in [3.63, 3.8) is 0 Å². The second kappa shape index (κ2) is 10.5. The molecule has 0 aliphatic carbocycles. The molecule has 12 heteroatoms. The minimum absolute atomic E-state index is 0.110. The van der Waals surface area contributed by atoms with Gasteiger partial charge in [-0.05, 0) is 52.0 Å². The van der Waals surface area contributed by atoms with Gasteiger partial charge in [-0.25, -0.2) is 13.2 Å². The van der Waals surface area contributed by atoms with E-state index in [4.69, 9.17) is 15.2 Å². The Morgan fingerprint density at radius 3 is 2.34 bits per heavy atom. The van der Waals surface area contributed by atoms with Crippen LogP contribution in [-0.2, 0) is 24.3 Å². The molecule has 1 aromatic rings. The molecule has 2 heterocycles. The number of piperazine rings is 1. The second-order valence-electron chi connectivity index (χ2n) is 9.92. The molecule has 3 rings (SSSR count). The Balaban J connectivity index is 1.51. The summed E-state index contributed by atoms with van der Waals surface area (Å²) < 4.78 is 37.1. The van der Waals surface area contributed by atoms with Gasteiger partial charge < -0.3 is 15.2 Å². The first-order valence-corrected chi connectivity index (χ1v) is 13.4. The van der Waals surface area contributed by atoms with E-state index in [1.54, 1.807) is 29.2 Å². The molecule has 0 spiro atoms. The first-order chi connectivity index (χ1) is 16.2. The van der Waals surface area contributed by atoms with E-state index in [0.717, 1.165) is 32.4 Å². The number of cyclic esters (lactones) is 1. The van der Waals surface area contributed by atoms with E-state index in [9.17, 15) is 18.0 Å². The Hall–Kier alpha value is -2.70. The van der Waals surface area contributed by atoms with Gasteiger partial charge in [0.15, 0.2) is 0 Å². The predicted molar refractivity (Wildman–Crippen MR) is 133 cm³/mol. The monoisotopic (exact) mass is 509 g/mol. The molecule has 2 saturated heterocycles. The number of benzene rings is 1. The lowest BCUT2D eigenvalue weighted by molar-refractivity contribution is -0.161. The fraction of sp³-hybridized carbons (Fsp3) is 0.609. The fourth-order valence-electron chi connectivity index (χ4n) is 4.03. The fourth-order valence-corrected chi connectivity index (χ4v) is 4.49. The van der Waals surface area contributed by atoms with Gasteiger partial charge in [0.05, 0.1) is 12.8 Å². The largest absolute Gasteiger partial charge is 0.459 e. The summed E-state index contributed by atoms with van der Waals surface area (Å²) in [6, 6.07) is 6.28. The van der Waals surface area contributed by atoms with Crippen LogP contribution in [0, 0.1) is 0 Å². The van der Waals surface area contributed by atoms with Gasteiger partial charge in [0, 0.05) is 44.0 Å². The van der Waals surface area contributed by atoms with Gasteiger partial charge in [-0.2, -0.15) is 0 Å². The van der Waals surface area contributed by atoms with Crippen LogP contribution in [-0.4, -0.2) is 99.4 Å². The van der Waals surface area contributed by atoms with Crippen LogP contribution < -0.4 is 10.6 Å². The average molecular weight is 510 g/mol. The third-order valence-electron chi connectivity index (χ3n) is 5.78. The number of nitrogens with two attached hydrogens (primary N) is 1. The van der Waals surface area contributed by atoms with Gasteiger partial charge in [0.25, 0.3) is 10.0 Å². The van der Waals surface area contributed by atoms with Gasteiger partial charge in [0.2, 0.25) is 0 Å². The first-order valence-electron chi connectivity index (χ1n) is 11.5. The van der Waals surface area contributed by atoms with E-state index in [1.165, 1.54) is 0 Å². The minimum Gasteiger partial charge on any atom is -0.459 e. The molecule has 0 radical (unpaired) electrons. The molecule has 0 aromatic heterocycles. The normalized spacial score (nSPS) is 21.6. The number of rotatable bonds is 7. The molecular weight excluding hydrogens is 474 g/mol. The highest BCUT2D eigenvalue weighted by molar-refractivity contribution is 7.89. The zero-order valence-corrected chi connectivity index (χ0v) is 21.7. The van der Waals surface area contributed by atoms with Crippen molar-refractivity contribution in [2.75, 3.05) is 50.4 Å². The van der Waals surface area contributed by atoms with Crippen molar-refractivity contribution >= 4 is 33.6 Å². The zero-order chi connectivity index (χ0) is 26.0. The Kier molecular flexibility index (Phi) is 8.07. The van der Waals surface area contributed by atoms with E-state index in [-0.39, 0.29) is 24.0 Å². The molecule has 2 atom stereocenters. The van der Waals surface area contributed by atoms with Gasteiger partial charge in [-0.3, -0.25) is 19.5 Å². The molecule has 11 nitrogen and oxygen atoms in total. The van der Waals surface area contributed by atoms with Crippen LogP contribution >= 0.6 is 0 Å². The van der Waals surface area contributed by atoms with Crippen LogP contribution in [0.3, 0.4) is 0 Å². The number of sulfonamides is 1. The van der Waals surface area contributed by atoms with Crippen molar-refractivity contribution in [1.82, 2.24) is 9.80 Å². The maximum atomic E-state index is 12.5. The Morgan fingerprint density at radius 2 is 1.80 bits per heavy atom. The number of ether oxygens (including phenoxy) is 2. The minimum atomic E-state index is -3.60. The van der Waals surface area contributed by atoms with Gasteiger partial charge >= 0.3 is 12.1 Å². The maximum absolute atomic E-state index is 12.5. The SMILES string of the molecule is CC(C(=O)OC(C)(C)C)N1CCN(CC2CN(c3ccc(C(N)=NS(C)(=O)=O)cc3)C(=O)O2)CC1. The van der Waals surface area contributed by atoms with Crippen LogP contribution in [0.2, 0.25) is 0 Å². The Bertz CT molecular complexity index is 1060. The van der Waals surface area contributed by atoms with Crippen molar-refractivity contribution < 1.29 is 27.5 Å². The molecular formula is C23H35N5O6S. The number of amides is 1. The lowest BCUT2D eigenvalue weighted by Crippen LogP contribution is -2.54. The van der Waals surface area contributed by atoms with Crippen LogP contribution in [0.15, 0.2) is 28.7 Å². The summed E-state index contributed by atoms with van der Waals surface area (Å²) in [4.78, 5) is 30.7. The number of nitrogens with zero attached hydrogens (tertiary/aromatic N) is 4. The number of carbonyl (C=O) groups is 2. The molecule has 2 N–H and O–H groups in total. The van der Waals surface area contributed by atoms with Gasteiger partial charge in [-0.1, -0.05) is 0 Å². The van der Waals surface area contributed by atoms with Crippen molar-refractivity contribution in [3.05, 3.63) is 29.8 Å². The number of carbonyl (C=O) groups excluding carboxylic acids is 2. The molecule has 2 fully saturated rings. The third-order valence-corrected chi connectivity index (χ3v) is 6.31. The number of hydrogen-bond acceptors (Lipinski definition) is 8. The van der Waals surface area contributed by atoms with Crippen molar-refractivity contribution in [2.24, 2.45) is 10.1 Å². The first kappa shape index (κ1) is 26.9. The van der Waals surface area contributed by atoms with Crippen LogP contribution in [0.4, 0.5) is 10.5 Å². The summed E-state index contributed by atoms with van der Waals surface area (Å²) in [5.41, 5.74) is 6.30. The summed E-state index contributed by atoms with van der Waals surface area (Å²) in [7, 11) is -3.60. The van der Waals surface area contributed by atoms with E-state index in [2.05, 4.69) is 14.2 Å². The van der Waals surface area contributed by atoms with Crippen LogP contribution in [0.5, 0.6) is 0 Å². The zero-order valence-electron chi connectivity index (χ0n) is 20.9. The lowest BCUT2D eigenvalue weighted by Gasteiger charge is -2.38. The molecule has 35 heavy (non-hydrogen) atoms. The number of anilines is 1. The molecule has 1 aromatic carbocycles. The molecule has 2 aliphatic heterocycles. The number of hydrogen-bond donors (Lipinski definition) is 1. The van der Waals surface area contributed by atoms with Gasteiger partial charge in [0.1, 0.15) is 23.6 Å². The van der Waals surface area contributed by atoms with Crippen LogP contribution in [0.25, 0.3) is 0 Å². The molecule has 1 amide bonds. The lowest BCUT2D eigenvalue weighted by atomic mass is 10.1. The van der Waals surface area contributed by atoms with E-state index in [0.29, 0.717) is 24.3 Å². The highest BCUT2D eigenvalue weighted by Crippen LogP contribution is 2.23. The number of amidine groups is 1. The highest BCUT2D eigenvalue weighted by Gasteiger charge is 2.35. The smallest absolute Gasteiger partial charge is 0.414 e. The van der Waals surface area contributed by atoms with E-state index >= 15 is 0 Å². The molecule has 2 unspecified atom stereocenters. The third kappa shape index (κ3) is 7.64. The topological polar surface area (TPSA) is 135 Å². The van der Waals surface area contributed by atoms with Crippen molar-refractivity contribution in [3.8, 4) is 0 Å². The number of esters is 1. The molecule has 0 bridgehead atoms. The van der Waals surface area contributed by atoms with E-state index in [1.807, 2.05) is 27.7 Å². The van der Waals surface area contributed by atoms with Gasteiger partial charge in [-0.15, -0.1) is 4.40 Å². The highest BCUT2D eigenvalue weighted by atomic mass is 32.2. The van der Waals surface area contributed by atoms with E-state index < -0.39 is 21.7 Å². The second-order valence-corrected chi connectivity index (χ2v) is 11.6. The quantitative estimate of drug-likeness (QED) is 0.325.